The molecule has 0 aliphatic rings. The van der Waals surface area contributed by atoms with Crippen LogP contribution < -0.4 is 3.07 Å². The zero-order valence-corrected chi connectivity index (χ0v) is 8.94. The molecule has 0 aliphatic carbocycles. The summed E-state index contributed by atoms with van der Waals surface area (Å²) in [5.74, 6) is -0.138. The number of phenolic OH excluding ortho intramolecular Hbond substituents is 1. The molecule has 70 valence electrons. The minimum Gasteiger partial charge on any atom is -0.508 e. The number of methoxy groups -OCH3 is 1. The molecule has 0 amide bonds. The summed E-state index contributed by atoms with van der Waals surface area (Å²) in [6.07, 6.45) is 0. The Hall–Kier alpha value is -0.980. The molecule has 1 aromatic rings. The maximum Gasteiger partial charge on any atom is 0.338 e. The Balaban J connectivity index is 3.08. The molecular formula is C8H7IO4. The van der Waals surface area contributed by atoms with E-state index in [1.54, 1.807) is 23.0 Å². The van der Waals surface area contributed by atoms with E-state index in [1.807, 2.05) is 0 Å². The molecule has 0 saturated carbocycles. The predicted molar refractivity (Wildman–Crippen MR) is 54.1 cm³/mol. The van der Waals surface area contributed by atoms with Crippen molar-refractivity contribution in [3.8, 4) is 11.5 Å². The van der Waals surface area contributed by atoms with Crippen LogP contribution in [-0.4, -0.2) is 18.2 Å². The lowest BCUT2D eigenvalue weighted by molar-refractivity contribution is 0.0600. The smallest absolute Gasteiger partial charge is 0.338 e. The molecule has 1 rings (SSSR count). The molecule has 0 spiro atoms. The van der Waals surface area contributed by atoms with Crippen molar-refractivity contribution in [2.24, 2.45) is 0 Å². The lowest BCUT2D eigenvalue weighted by Gasteiger charge is -2.02. The Labute approximate surface area is 89.2 Å². The van der Waals surface area contributed by atoms with Crippen molar-refractivity contribution >= 4 is 29.0 Å². The summed E-state index contributed by atoms with van der Waals surface area (Å²) in [5, 5.41) is 9.18. The van der Waals surface area contributed by atoms with Crippen LogP contribution in [0.4, 0.5) is 0 Å². The molecule has 0 bridgehead atoms. The Kier molecular flexibility index (Phi) is 3.35. The highest BCUT2D eigenvalue weighted by atomic mass is 127. The fourth-order valence-corrected chi connectivity index (χ4v) is 1.12. The number of esters is 1. The summed E-state index contributed by atoms with van der Waals surface area (Å²) in [5.41, 5.74) is 0.258. The van der Waals surface area contributed by atoms with Crippen LogP contribution in [0.3, 0.4) is 0 Å². The maximum atomic E-state index is 11.0. The van der Waals surface area contributed by atoms with Crippen molar-refractivity contribution in [1.82, 2.24) is 0 Å². The Bertz CT molecular complexity index is 324. The van der Waals surface area contributed by atoms with Gasteiger partial charge in [-0.3, -0.25) is 0 Å². The molecule has 0 radical (unpaired) electrons. The summed E-state index contributed by atoms with van der Waals surface area (Å²) in [7, 11) is 1.27. The summed E-state index contributed by atoms with van der Waals surface area (Å²) < 4.78 is 9.32. The molecule has 0 aromatic heterocycles. The van der Waals surface area contributed by atoms with E-state index in [0.29, 0.717) is 5.75 Å². The second-order valence-corrected chi connectivity index (χ2v) is 2.72. The molecule has 0 fully saturated rings. The molecule has 1 N–H and O–H groups in total. The SMILES string of the molecule is COC(=O)c1cc(O)cc(OI)c1. The van der Waals surface area contributed by atoms with Gasteiger partial charge in [0.25, 0.3) is 0 Å². The topological polar surface area (TPSA) is 55.8 Å². The van der Waals surface area contributed by atoms with Gasteiger partial charge in [-0.2, -0.15) is 0 Å². The molecule has 0 atom stereocenters. The molecule has 0 unspecified atom stereocenters. The van der Waals surface area contributed by atoms with E-state index >= 15 is 0 Å². The minimum absolute atomic E-state index is 0.0328. The quantitative estimate of drug-likeness (QED) is 0.668. The largest absolute Gasteiger partial charge is 0.508 e. The summed E-state index contributed by atoms with van der Waals surface area (Å²) in [6.45, 7) is 0. The number of rotatable bonds is 2. The zero-order valence-electron chi connectivity index (χ0n) is 6.78. The van der Waals surface area contributed by atoms with Crippen molar-refractivity contribution in [2.45, 2.75) is 0 Å². The summed E-state index contributed by atoms with van der Waals surface area (Å²) in [4.78, 5) is 11.0. The first kappa shape index (κ1) is 10.1. The fraction of sp³-hybridized carbons (Fsp3) is 0.125. The van der Waals surface area contributed by atoms with Crippen molar-refractivity contribution in [3.63, 3.8) is 0 Å². The van der Waals surface area contributed by atoms with Gasteiger partial charge in [0.05, 0.1) is 12.7 Å². The van der Waals surface area contributed by atoms with Gasteiger partial charge in [-0.05, 0) is 12.1 Å². The van der Waals surface area contributed by atoms with Gasteiger partial charge < -0.3 is 12.9 Å². The first-order valence-electron chi connectivity index (χ1n) is 3.38. The van der Waals surface area contributed by atoms with Crippen LogP contribution in [0.2, 0.25) is 0 Å². The van der Waals surface area contributed by atoms with Crippen molar-refractivity contribution in [1.29, 1.82) is 0 Å². The highest BCUT2D eigenvalue weighted by Crippen LogP contribution is 2.23. The van der Waals surface area contributed by atoms with E-state index in [0.717, 1.165) is 0 Å². The number of aromatic hydroxyl groups is 1. The van der Waals surface area contributed by atoms with Gasteiger partial charge in [0.15, 0.2) is 23.0 Å². The Morgan fingerprint density at radius 1 is 1.46 bits per heavy atom. The minimum atomic E-state index is -0.509. The predicted octanol–water partition coefficient (Wildman–Crippen LogP) is 1.91. The van der Waals surface area contributed by atoms with Crippen LogP contribution in [0.5, 0.6) is 11.5 Å². The summed E-state index contributed by atoms with van der Waals surface area (Å²) in [6, 6.07) is 4.20. The Morgan fingerprint density at radius 2 is 2.15 bits per heavy atom. The average molecular weight is 294 g/mol. The van der Waals surface area contributed by atoms with Crippen LogP contribution in [0, 0.1) is 0 Å². The van der Waals surface area contributed by atoms with Crippen molar-refractivity contribution in [3.05, 3.63) is 23.8 Å². The standard InChI is InChI=1S/C8H7IO4/c1-12-8(11)5-2-6(10)4-7(3-5)13-9/h2-4,10H,1H3. The lowest BCUT2D eigenvalue weighted by Crippen LogP contribution is -2.00. The third-order valence-electron chi connectivity index (χ3n) is 1.40. The highest BCUT2D eigenvalue weighted by Gasteiger charge is 2.08. The number of hydrogen-bond donors (Lipinski definition) is 1. The normalized spacial score (nSPS) is 9.38. The molecular weight excluding hydrogens is 287 g/mol. The molecule has 0 heterocycles. The maximum absolute atomic E-state index is 11.0. The Morgan fingerprint density at radius 3 is 2.69 bits per heavy atom. The van der Waals surface area contributed by atoms with Crippen LogP contribution in [0.1, 0.15) is 10.4 Å². The monoisotopic (exact) mass is 294 g/mol. The molecule has 1 aromatic carbocycles. The number of carbonyl (C=O) groups excluding carboxylic acids is 1. The van der Waals surface area contributed by atoms with E-state index in [2.05, 4.69) is 4.74 Å². The average Bonchev–Trinajstić information content (AvgIpc) is 2.15. The molecule has 0 saturated heterocycles. The second-order valence-electron chi connectivity index (χ2n) is 2.28. The first-order valence-corrected chi connectivity index (χ1v) is 4.26. The number of carbonyl (C=O) groups is 1. The van der Waals surface area contributed by atoms with E-state index in [4.69, 9.17) is 3.07 Å². The second kappa shape index (κ2) is 4.31. The van der Waals surface area contributed by atoms with Crippen molar-refractivity contribution in [2.75, 3.05) is 7.11 Å². The van der Waals surface area contributed by atoms with Gasteiger partial charge in [-0.15, -0.1) is 0 Å². The number of phenols is 1. The van der Waals surface area contributed by atoms with Crippen LogP contribution in [0.25, 0.3) is 0 Å². The van der Waals surface area contributed by atoms with Crippen LogP contribution >= 0.6 is 23.0 Å². The van der Waals surface area contributed by atoms with E-state index in [9.17, 15) is 9.90 Å². The molecule has 4 nitrogen and oxygen atoms in total. The number of ether oxygens (including phenoxy) is 1. The molecule has 0 aliphatic heterocycles. The molecule has 13 heavy (non-hydrogen) atoms. The zero-order chi connectivity index (χ0) is 9.84. The van der Waals surface area contributed by atoms with Gasteiger partial charge >= 0.3 is 5.97 Å². The van der Waals surface area contributed by atoms with Gasteiger partial charge in [0.2, 0.25) is 0 Å². The van der Waals surface area contributed by atoms with E-state index in [-0.39, 0.29) is 11.3 Å². The van der Waals surface area contributed by atoms with E-state index < -0.39 is 5.97 Å². The fourth-order valence-electron chi connectivity index (χ4n) is 0.864. The van der Waals surface area contributed by atoms with Crippen molar-refractivity contribution < 1.29 is 17.7 Å². The van der Waals surface area contributed by atoms with Gasteiger partial charge in [0.1, 0.15) is 11.5 Å². The van der Waals surface area contributed by atoms with Gasteiger partial charge in [-0.25, -0.2) is 4.79 Å². The van der Waals surface area contributed by atoms with Crippen LogP contribution in [0.15, 0.2) is 18.2 Å². The number of benzene rings is 1. The number of hydrogen-bond acceptors (Lipinski definition) is 4. The molecule has 5 heteroatoms. The van der Waals surface area contributed by atoms with Crippen LogP contribution in [-0.2, 0) is 4.74 Å². The highest BCUT2D eigenvalue weighted by molar-refractivity contribution is 14.1. The third kappa shape index (κ3) is 2.48. The summed E-state index contributed by atoms with van der Waals surface area (Å²) >= 11 is 1.66. The number of halogens is 1. The van der Waals surface area contributed by atoms with E-state index in [1.165, 1.54) is 25.3 Å². The van der Waals surface area contributed by atoms with Gasteiger partial charge in [0, 0.05) is 6.07 Å². The lowest BCUT2D eigenvalue weighted by atomic mass is 10.2. The first-order chi connectivity index (χ1) is 6.17. The van der Waals surface area contributed by atoms with Gasteiger partial charge in [-0.1, -0.05) is 0 Å². The third-order valence-corrected chi connectivity index (χ3v) is 1.91.